The number of carbonyl (C=O) groups is 1. The average Bonchev–Trinajstić information content (AvgIpc) is 2.17. The largest absolute Gasteiger partial charge is 0.401 e. The van der Waals surface area contributed by atoms with Crippen LogP contribution in [0.2, 0.25) is 0 Å². The topological polar surface area (TPSA) is 43.4 Å². The Labute approximate surface area is 92.1 Å². The standard InChI is InChI=1S/C11H14O3S/c1-8(2)11(12)9-4-6-10(7-5-9)14-15(3)13/h4-8H,1-3H3. The molecular formula is C11H14O3S. The van der Waals surface area contributed by atoms with Gasteiger partial charge in [0.1, 0.15) is 5.75 Å². The van der Waals surface area contributed by atoms with Crippen molar-refractivity contribution < 1.29 is 13.2 Å². The summed E-state index contributed by atoms with van der Waals surface area (Å²) < 4.78 is 15.7. The van der Waals surface area contributed by atoms with Crippen molar-refractivity contribution in [2.45, 2.75) is 13.8 Å². The van der Waals surface area contributed by atoms with Gasteiger partial charge >= 0.3 is 0 Å². The van der Waals surface area contributed by atoms with E-state index in [1.54, 1.807) is 24.3 Å². The molecule has 0 radical (unpaired) electrons. The number of benzene rings is 1. The Morgan fingerprint density at radius 1 is 1.27 bits per heavy atom. The number of hydrogen-bond acceptors (Lipinski definition) is 3. The van der Waals surface area contributed by atoms with Crippen molar-refractivity contribution in [2.75, 3.05) is 6.26 Å². The van der Waals surface area contributed by atoms with Crippen LogP contribution in [0.3, 0.4) is 0 Å². The van der Waals surface area contributed by atoms with E-state index in [2.05, 4.69) is 0 Å². The molecule has 1 atom stereocenters. The highest BCUT2D eigenvalue weighted by molar-refractivity contribution is 7.79. The summed E-state index contributed by atoms with van der Waals surface area (Å²) in [5.74, 6) is 0.590. The fourth-order valence-corrected chi connectivity index (χ4v) is 1.53. The molecule has 0 aliphatic heterocycles. The Morgan fingerprint density at radius 2 is 1.80 bits per heavy atom. The van der Waals surface area contributed by atoms with E-state index >= 15 is 0 Å². The fourth-order valence-electron chi connectivity index (χ4n) is 1.14. The molecule has 15 heavy (non-hydrogen) atoms. The Hall–Kier alpha value is -1.16. The molecule has 3 nitrogen and oxygen atoms in total. The molecule has 0 N–H and O–H groups in total. The van der Waals surface area contributed by atoms with Gasteiger partial charge in [0, 0.05) is 17.7 Å². The lowest BCUT2D eigenvalue weighted by atomic mass is 10.0. The van der Waals surface area contributed by atoms with Crippen LogP contribution in [0.5, 0.6) is 5.75 Å². The lowest BCUT2D eigenvalue weighted by Crippen LogP contribution is -2.07. The van der Waals surface area contributed by atoms with Crippen molar-refractivity contribution >= 4 is 16.9 Å². The Morgan fingerprint density at radius 3 is 2.20 bits per heavy atom. The second kappa shape index (κ2) is 5.07. The van der Waals surface area contributed by atoms with E-state index in [4.69, 9.17) is 4.18 Å². The molecule has 0 aliphatic carbocycles. The predicted molar refractivity (Wildman–Crippen MR) is 60.3 cm³/mol. The van der Waals surface area contributed by atoms with Crippen LogP contribution in [0, 0.1) is 5.92 Å². The van der Waals surface area contributed by atoms with Gasteiger partial charge in [0.15, 0.2) is 5.78 Å². The summed E-state index contributed by atoms with van der Waals surface area (Å²) in [6.45, 7) is 3.71. The van der Waals surface area contributed by atoms with E-state index in [1.807, 2.05) is 13.8 Å². The lowest BCUT2D eigenvalue weighted by molar-refractivity contribution is 0.0939. The lowest BCUT2D eigenvalue weighted by Gasteiger charge is -2.05. The van der Waals surface area contributed by atoms with Crippen molar-refractivity contribution in [3.63, 3.8) is 0 Å². The number of hydrogen-bond donors (Lipinski definition) is 0. The second-order valence-corrected chi connectivity index (χ2v) is 4.50. The van der Waals surface area contributed by atoms with Crippen molar-refractivity contribution in [2.24, 2.45) is 5.92 Å². The fraction of sp³-hybridized carbons (Fsp3) is 0.364. The SMILES string of the molecule is CC(C)C(=O)c1ccc(OS(C)=O)cc1. The quantitative estimate of drug-likeness (QED) is 0.739. The van der Waals surface area contributed by atoms with Crippen molar-refractivity contribution in [1.29, 1.82) is 0 Å². The van der Waals surface area contributed by atoms with Gasteiger partial charge in [0.2, 0.25) is 11.1 Å². The van der Waals surface area contributed by atoms with Crippen LogP contribution in [0.25, 0.3) is 0 Å². The zero-order valence-corrected chi connectivity index (χ0v) is 9.84. The number of Topliss-reactive ketones (excluding diaryl/α,β-unsaturated/α-hetero) is 1. The average molecular weight is 226 g/mol. The molecule has 1 aromatic rings. The van der Waals surface area contributed by atoms with Crippen LogP contribution in [0.15, 0.2) is 24.3 Å². The van der Waals surface area contributed by atoms with E-state index in [0.717, 1.165) is 0 Å². The van der Waals surface area contributed by atoms with Gasteiger partial charge in [-0.3, -0.25) is 4.79 Å². The maximum absolute atomic E-state index is 11.6. The summed E-state index contributed by atoms with van der Waals surface area (Å²) in [5, 5.41) is 0. The van der Waals surface area contributed by atoms with E-state index in [0.29, 0.717) is 11.3 Å². The normalized spacial score (nSPS) is 12.5. The zero-order valence-electron chi connectivity index (χ0n) is 9.02. The summed E-state index contributed by atoms with van der Waals surface area (Å²) in [6, 6.07) is 6.67. The van der Waals surface area contributed by atoms with Gasteiger partial charge in [-0.25, -0.2) is 4.21 Å². The van der Waals surface area contributed by atoms with Crippen LogP contribution in [-0.2, 0) is 11.1 Å². The van der Waals surface area contributed by atoms with Crippen LogP contribution >= 0.6 is 0 Å². The third-order valence-electron chi connectivity index (χ3n) is 1.88. The van der Waals surface area contributed by atoms with E-state index in [-0.39, 0.29) is 11.7 Å². The summed E-state index contributed by atoms with van der Waals surface area (Å²) >= 11 is -1.33. The van der Waals surface area contributed by atoms with Gasteiger partial charge in [0.25, 0.3) is 0 Å². The number of rotatable bonds is 4. The number of ketones is 1. The van der Waals surface area contributed by atoms with Gasteiger partial charge in [-0.2, -0.15) is 0 Å². The smallest absolute Gasteiger partial charge is 0.203 e. The Kier molecular flexibility index (Phi) is 4.03. The first-order chi connectivity index (χ1) is 7.00. The van der Waals surface area contributed by atoms with Crippen molar-refractivity contribution in [3.05, 3.63) is 29.8 Å². The molecule has 4 heteroatoms. The molecule has 0 amide bonds. The van der Waals surface area contributed by atoms with Crippen LogP contribution in [0.4, 0.5) is 0 Å². The monoisotopic (exact) mass is 226 g/mol. The minimum Gasteiger partial charge on any atom is -0.401 e. The highest BCUT2D eigenvalue weighted by atomic mass is 32.2. The summed E-state index contributed by atoms with van der Waals surface area (Å²) in [6.07, 6.45) is 1.45. The highest BCUT2D eigenvalue weighted by Crippen LogP contribution is 2.15. The molecule has 1 unspecified atom stereocenters. The summed E-state index contributed by atoms with van der Waals surface area (Å²) in [5.41, 5.74) is 0.652. The maximum atomic E-state index is 11.6. The molecule has 82 valence electrons. The van der Waals surface area contributed by atoms with E-state index in [1.165, 1.54) is 6.26 Å². The summed E-state index contributed by atoms with van der Waals surface area (Å²) in [7, 11) is 0. The second-order valence-electron chi connectivity index (χ2n) is 3.53. The summed E-state index contributed by atoms with van der Waals surface area (Å²) in [4.78, 5) is 11.6. The molecule has 1 rings (SSSR count). The first-order valence-corrected chi connectivity index (χ1v) is 6.15. The molecule has 0 heterocycles. The third-order valence-corrected chi connectivity index (χ3v) is 2.30. The van der Waals surface area contributed by atoms with Crippen LogP contribution < -0.4 is 4.18 Å². The van der Waals surface area contributed by atoms with Gasteiger partial charge in [-0.15, -0.1) is 0 Å². The molecule has 1 aromatic carbocycles. The highest BCUT2D eigenvalue weighted by Gasteiger charge is 2.10. The van der Waals surface area contributed by atoms with Crippen LogP contribution in [0.1, 0.15) is 24.2 Å². The molecule has 0 spiro atoms. The Bertz CT molecular complexity index is 368. The predicted octanol–water partition coefficient (Wildman–Crippen LogP) is 2.20. The Balaban J connectivity index is 2.81. The van der Waals surface area contributed by atoms with Crippen molar-refractivity contribution in [3.8, 4) is 5.75 Å². The minimum absolute atomic E-state index is 0.0166. The first kappa shape index (κ1) is 11.9. The molecular weight excluding hydrogens is 212 g/mol. The molecule has 0 aromatic heterocycles. The van der Waals surface area contributed by atoms with Crippen LogP contribution in [-0.4, -0.2) is 16.2 Å². The third kappa shape index (κ3) is 3.47. The molecule has 0 saturated heterocycles. The van der Waals surface area contributed by atoms with E-state index in [9.17, 15) is 9.00 Å². The van der Waals surface area contributed by atoms with E-state index < -0.39 is 11.1 Å². The first-order valence-electron chi connectivity index (χ1n) is 4.66. The molecule has 0 aliphatic rings. The molecule has 0 saturated carbocycles. The zero-order chi connectivity index (χ0) is 11.4. The minimum atomic E-state index is -1.33. The van der Waals surface area contributed by atoms with Gasteiger partial charge in [-0.1, -0.05) is 13.8 Å². The number of carbonyl (C=O) groups excluding carboxylic acids is 1. The van der Waals surface area contributed by atoms with Crippen molar-refractivity contribution in [1.82, 2.24) is 0 Å². The van der Waals surface area contributed by atoms with Gasteiger partial charge in [-0.05, 0) is 24.3 Å². The van der Waals surface area contributed by atoms with Gasteiger partial charge < -0.3 is 4.18 Å². The maximum Gasteiger partial charge on any atom is 0.203 e. The molecule has 0 fully saturated rings. The van der Waals surface area contributed by atoms with Gasteiger partial charge in [0.05, 0.1) is 0 Å². The molecule has 0 bridgehead atoms.